The maximum absolute atomic E-state index is 6.30. The molecule has 6 heteroatoms. The molecule has 0 fully saturated rings. The molecule has 0 bridgehead atoms. The average Bonchev–Trinajstić information content (AvgIpc) is 2.88. The van der Waals surface area contributed by atoms with Gasteiger partial charge in [0.1, 0.15) is 5.71 Å². The van der Waals surface area contributed by atoms with Crippen molar-refractivity contribution in [3.63, 3.8) is 0 Å². The van der Waals surface area contributed by atoms with E-state index in [2.05, 4.69) is 116 Å². The SMILES string of the molecule is CC1=C(I)C(C)=[N+]2C1=C(COC(C)(C)C)c1c(C)c(I)c(C)n1[B-]2(C)C. The molecule has 2 aliphatic rings. The third-order valence-electron chi connectivity index (χ3n) is 5.69. The minimum Gasteiger partial charge on any atom is -0.458 e. The summed E-state index contributed by atoms with van der Waals surface area (Å²) in [5, 5.41) is 0. The Kier molecular flexibility index (Phi) is 5.14. The van der Waals surface area contributed by atoms with Gasteiger partial charge in [0.05, 0.1) is 21.4 Å². The van der Waals surface area contributed by atoms with E-state index < -0.39 is 6.42 Å². The van der Waals surface area contributed by atoms with Gasteiger partial charge in [-0.3, -0.25) is 0 Å². The lowest BCUT2D eigenvalue weighted by Crippen LogP contribution is -2.53. The summed E-state index contributed by atoms with van der Waals surface area (Å²) in [6, 6.07) is 0. The molecule has 0 atom stereocenters. The van der Waals surface area contributed by atoms with Crippen molar-refractivity contribution in [3.05, 3.63) is 35.4 Å². The Hall–Kier alpha value is -0.0851. The van der Waals surface area contributed by atoms with Gasteiger partial charge in [0.25, 0.3) is 0 Å². The van der Waals surface area contributed by atoms with Crippen LogP contribution in [0.2, 0.25) is 13.6 Å². The molecule has 1 aromatic heterocycles. The molecule has 0 unspecified atom stereocenters. The van der Waals surface area contributed by atoms with Gasteiger partial charge in [-0.25, -0.2) is 0 Å². The van der Waals surface area contributed by atoms with Crippen molar-refractivity contribution in [1.82, 2.24) is 4.48 Å². The van der Waals surface area contributed by atoms with Crippen molar-refractivity contribution in [3.8, 4) is 0 Å². The maximum Gasteiger partial charge on any atom is 0.373 e. The molecule has 2 aliphatic heterocycles. The first-order valence-electron chi connectivity index (χ1n) is 9.29. The highest BCUT2D eigenvalue weighted by Gasteiger charge is 2.47. The molecule has 3 heterocycles. The quantitative estimate of drug-likeness (QED) is 0.312. The predicted octanol–water partition coefficient (Wildman–Crippen LogP) is 6.00. The molecule has 1 aromatic rings. The Balaban J connectivity index is 2.39. The van der Waals surface area contributed by atoms with Crippen molar-refractivity contribution in [2.75, 3.05) is 6.61 Å². The summed E-state index contributed by atoms with van der Waals surface area (Å²) in [6.07, 6.45) is -0.941. The van der Waals surface area contributed by atoms with Gasteiger partial charge in [-0.05, 0) is 98.0 Å². The molecule has 0 spiro atoms. The first kappa shape index (κ1) is 20.6. The highest BCUT2D eigenvalue weighted by molar-refractivity contribution is 14.1. The molecule has 0 aliphatic carbocycles. The molecule has 0 N–H and O–H groups in total. The number of allylic oxidation sites excluding steroid dienone is 2. The minimum atomic E-state index is -0.941. The van der Waals surface area contributed by atoms with Crippen molar-refractivity contribution < 1.29 is 9.22 Å². The third-order valence-corrected chi connectivity index (χ3v) is 8.87. The number of nitrogens with zero attached hydrogens (tertiary/aromatic N) is 2. The third kappa shape index (κ3) is 2.89. The second-order valence-corrected chi connectivity index (χ2v) is 11.2. The van der Waals surface area contributed by atoms with Crippen molar-refractivity contribution >= 4 is 62.9 Å². The first-order valence-corrected chi connectivity index (χ1v) is 11.4. The van der Waals surface area contributed by atoms with E-state index in [9.17, 15) is 0 Å². The van der Waals surface area contributed by atoms with E-state index in [0.29, 0.717) is 6.61 Å². The van der Waals surface area contributed by atoms with Crippen LogP contribution in [0.1, 0.15) is 51.6 Å². The smallest absolute Gasteiger partial charge is 0.373 e. The molecule has 0 aromatic carbocycles. The summed E-state index contributed by atoms with van der Waals surface area (Å²) in [7, 11) is 0. The van der Waals surface area contributed by atoms with E-state index >= 15 is 0 Å². The molecule has 3 nitrogen and oxygen atoms in total. The van der Waals surface area contributed by atoms with Crippen LogP contribution in [0.4, 0.5) is 0 Å². The van der Waals surface area contributed by atoms with Crippen molar-refractivity contribution in [2.24, 2.45) is 0 Å². The Bertz CT molecular complexity index is 911. The number of fused-ring (bicyclic) bond motifs is 2. The van der Waals surface area contributed by atoms with Crippen LogP contribution in [-0.4, -0.2) is 33.3 Å². The highest BCUT2D eigenvalue weighted by atomic mass is 127. The van der Waals surface area contributed by atoms with Crippen LogP contribution in [0.25, 0.3) is 5.57 Å². The van der Waals surface area contributed by atoms with Gasteiger partial charge in [-0.15, -0.1) is 13.6 Å². The molecule has 142 valence electrons. The minimum absolute atomic E-state index is 0.161. The zero-order valence-corrected chi connectivity index (χ0v) is 21.7. The van der Waals surface area contributed by atoms with Crippen LogP contribution in [-0.2, 0) is 4.74 Å². The van der Waals surface area contributed by atoms with E-state index in [1.165, 1.54) is 46.7 Å². The van der Waals surface area contributed by atoms with E-state index in [-0.39, 0.29) is 5.60 Å². The predicted molar refractivity (Wildman–Crippen MR) is 130 cm³/mol. The molecule has 0 saturated carbocycles. The fourth-order valence-corrected chi connectivity index (χ4v) is 5.67. The van der Waals surface area contributed by atoms with E-state index in [1.54, 1.807) is 0 Å². The van der Waals surface area contributed by atoms with Gasteiger partial charge >= 0.3 is 6.42 Å². The normalized spacial score (nSPS) is 19.5. The highest BCUT2D eigenvalue weighted by Crippen LogP contribution is 2.44. The van der Waals surface area contributed by atoms with Crippen LogP contribution >= 0.6 is 45.2 Å². The van der Waals surface area contributed by atoms with Gasteiger partial charge in [-0.2, -0.15) is 0 Å². The first-order chi connectivity index (χ1) is 11.8. The second kappa shape index (κ2) is 6.47. The number of rotatable bonds is 2. The lowest BCUT2D eigenvalue weighted by Gasteiger charge is -2.40. The fourth-order valence-electron chi connectivity index (χ4n) is 4.64. The van der Waals surface area contributed by atoms with Gasteiger partial charge in [-0.1, -0.05) is 0 Å². The number of hydrogen-bond donors (Lipinski definition) is 0. The standard InChI is InChI=1S/C20H29BI2N2O/c1-11-16(22)13(3)24-18(11)15(10-26-20(5,6)7)19-12(2)17(23)14(4)25(19)21(24,8)9/h10H2,1-9H3. The number of hydrogen-bond acceptors (Lipinski definition) is 1. The summed E-state index contributed by atoms with van der Waals surface area (Å²) in [5.74, 6) is 0. The number of ether oxygens (including phenoxy) is 1. The summed E-state index contributed by atoms with van der Waals surface area (Å²) in [4.78, 5) is 0. The van der Waals surface area contributed by atoms with Crippen molar-refractivity contribution in [2.45, 2.75) is 67.7 Å². The largest absolute Gasteiger partial charge is 0.458 e. The van der Waals surface area contributed by atoms with Gasteiger partial charge < -0.3 is 13.7 Å². The van der Waals surface area contributed by atoms with E-state index in [1.807, 2.05) is 0 Å². The lowest BCUT2D eigenvalue weighted by molar-refractivity contribution is -0.336. The summed E-state index contributed by atoms with van der Waals surface area (Å²) < 4.78 is 14.2. The van der Waals surface area contributed by atoms with Crippen LogP contribution in [0.5, 0.6) is 0 Å². The Morgan fingerprint density at radius 3 is 2.19 bits per heavy atom. The average molecular weight is 578 g/mol. The van der Waals surface area contributed by atoms with Crippen LogP contribution in [0.15, 0.2) is 14.8 Å². The summed E-state index contributed by atoms with van der Waals surface area (Å²) in [5.41, 5.74) is 9.39. The molecular formula is C20H29BI2N2O. The van der Waals surface area contributed by atoms with Crippen LogP contribution in [0.3, 0.4) is 0 Å². The van der Waals surface area contributed by atoms with Gasteiger partial charge in [0.15, 0.2) is 5.70 Å². The Morgan fingerprint density at radius 1 is 1.08 bits per heavy atom. The van der Waals surface area contributed by atoms with Gasteiger partial charge in [0, 0.05) is 21.8 Å². The van der Waals surface area contributed by atoms with E-state index in [0.717, 1.165) is 0 Å². The zero-order chi connectivity index (χ0) is 19.8. The number of aromatic nitrogens is 1. The molecule has 0 amide bonds. The molecule has 26 heavy (non-hydrogen) atoms. The Morgan fingerprint density at radius 2 is 1.65 bits per heavy atom. The summed E-state index contributed by atoms with van der Waals surface area (Å²) >= 11 is 5.01. The Labute approximate surface area is 185 Å². The fraction of sp³-hybridized carbons (Fsp3) is 0.550. The van der Waals surface area contributed by atoms with Crippen LogP contribution in [0, 0.1) is 17.4 Å². The van der Waals surface area contributed by atoms with Crippen molar-refractivity contribution in [1.29, 1.82) is 0 Å². The lowest BCUT2D eigenvalue weighted by atomic mass is 9.48. The topological polar surface area (TPSA) is 17.2 Å². The van der Waals surface area contributed by atoms with Crippen LogP contribution < -0.4 is 0 Å². The molecule has 0 radical (unpaired) electrons. The molecule has 3 rings (SSSR count). The summed E-state index contributed by atoms with van der Waals surface area (Å²) in [6.45, 7) is 20.8. The molecular weight excluding hydrogens is 549 g/mol. The second-order valence-electron chi connectivity index (χ2n) is 9.09. The maximum atomic E-state index is 6.30. The number of halogens is 2. The monoisotopic (exact) mass is 578 g/mol. The molecule has 0 saturated heterocycles. The van der Waals surface area contributed by atoms with E-state index in [4.69, 9.17) is 4.74 Å². The zero-order valence-electron chi connectivity index (χ0n) is 17.3. The van der Waals surface area contributed by atoms with Gasteiger partial charge in [0.2, 0.25) is 0 Å².